The van der Waals surface area contributed by atoms with Gasteiger partial charge in [0.1, 0.15) is 6.54 Å². The van der Waals surface area contributed by atoms with Gasteiger partial charge in [-0.1, -0.05) is 30.7 Å². The molecule has 0 aliphatic heterocycles. The molecule has 1 heterocycles. The van der Waals surface area contributed by atoms with Crippen LogP contribution in [-0.4, -0.2) is 20.9 Å². The SMILES string of the molecule is CCCCc1ccc(NC(=O)Cn2cc(CN)nn2)cc1. The molecule has 6 heteroatoms. The highest BCUT2D eigenvalue weighted by molar-refractivity contribution is 5.90. The van der Waals surface area contributed by atoms with Crippen LogP contribution in [0.4, 0.5) is 5.69 Å². The van der Waals surface area contributed by atoms with Crippen molar-refractivity contribution in [3.05, 3.63) is 41.7 Å². The fraction of sp³-hybridized carbons (Fsp3) is 0.400. The third kappa shape index (κ3) is 4.68. The number of nitrogens with two attached hydrogens (primary N) is 1. The van der Waals surface area contributed by atoms with Gasteiger partial charge in [-0.2, -0.15) is 0 Å². The number of hydrogen-bond acceptors (Lipinski definition) is 4. The van der Waals surface area contributed by atoms with Crippen LogP contribution >= 0.6 is 0 Å². The normalized spacial score (nSPS) is 10.6. The van der Waals surface area contributed by atoms with E-state index >= 15 is 0 Å². The van der Waals surface area contributed by atoms with Crippen molar-refractivity contribution in [3.63, 3.8) is 0 Å². The maximum Gasteiger partial charge on any atom is 0.246 e. The molecule has 0 bridgehead atoms. The van der Waals surface area contributed by atoms with E-state index in [4.69, 9.17) is 5.73 Å². The summed E-state index contributed by atoms with van der Waals surface area (Å²) in [5.74, 6) is -0.134. The average Bonchev–Trinajstić information content (AvgIpc) is 2.94. The van der Waals surface area contributed by atoms with Gasteiger partial charge in [0.05, 0.1) is 11.9 Å². The molecule has 3 N–H and O–H groups in total. The molecule has 6 nitrogen and oxygen atoms in total. The smallest absolute Gasteiger partial charge is 0.246 e. The van der Waals surface area contributed by atoms with Crippen LogP contribution in [0.2, 0.25) is 0 Å². The standard InChI is InChI=1S/C15H21N5O/c1-2-3-4-12-5-7-13(8-6-12)17-15(21)11-20-10-14(9-16)18-19-20/h5-8,10H,2-4,9,11,16H2,1H3,(H,17,21). The Hall–Kier alpha value is -2.21. The summed E-state index contributed by atoms with van der Waals surface area (Å²) < 4.78 is 1.48. The molecule has 0 atom stereocenters. The minimum Gasteiger partial charge on any atom is -0.325 e. The Morgan fingerprint density at radius 3 is 2.71 bits per heavy atom. The highest BCUT2D eigenvalue weighted by atomic mass is 16.2. The van der Waals surface area contributed by atoms with Gasteiger partial charge in [-0.05, 0) is 30.5 Å². The summed E-state index contributed by atoms with van der Waals surface area (Å²) in [6, 6.07) is 7.95. The maximum absolute atomic E-state index is 11.9. The molecule has 0 spiro atoms. The topological polar surface area (TPSA) is 85.8 Å². The van der Waals surface area contributed by atoms with Crippen molar-refractivity contribution in [3.8, 4) is 0 Å². The molecular formula is C15H21N5O. The summed E-state index contributed by atoms with van der Waals surface area (Å²) in [7, 11) is 0. The Kier molecular flexibility index (Phi) is 5.45. The largest absolute Gasteiger partial charge is 0.325 e. The van der Waals surface area contributed by atoms with Crippen molar-refractivity contribution in [1.29, 1.82) is 0 Å². The van der Waals surface area contributed by atoms with Crippen LogP contribution in [0.5, 0.6) is 0 Å². The first-order chi connectivity index (χ1) is 10.2. The zero-order valence-electron chi connectivity index (χ0n) is 12.2. The molecule has 112 valence electrons. The summed E-state index contributed by atoms with van der Waals surface area (Å²) in [6.07, 6.45) is 5.11. The summed E-state index contributed by atoms with van der Waals surface area (Å²) in [6.45, 7) is 2.63. The van der Waals surface area contributed by atoms with E-state index in [1.54, 1.807) is 6.20 Å². The molecular weight excluding hydrogens is 266 g/mol. The van der Waals surface area contributed by atoms with Gasteiger partial charge in [-0.25, -0.2) is 4.68 Å². The van der Waals surface area contributed by atoms with Crippen LogP contribution in [0.25, 0.3) is 0 Å². The fourth-order valence-corrected chi connectivity index (χ4v) is 1.99. The van der Waals surface area contributed by atoms with Gasteiger partial charge in [-0.3, -0.25) is 4.79 Å². The van der Waals surface area contributed by atoms with Crippen molar-refractivity contribution in [2.24, 2.45) is 5.73 Å². The fourth-order valence-electron chi connectivity index (χ4n) is 1.99. The van der Waals surface area contributed by atoms with Gasteiger partial charge in [0.15, 0.2) is 0 Å². The lowest BCUT2D eigenvalue weighted by molar-refractivity contribution is -0.116. The third-order valence-electron chi connectivity index (χ3n) is 3.16. The second-order valence-electron chi connectivity index (χ2n) is 4.96. The van der Waals surface area contributed by atoms with Gasteiger partial charge in [0.25, 0.3) is 0 Å². The van der Waals surface area contributed by atoms with Gasteiger partial charge in [-0.15, -0.1) is 5.10 Å². The summed E-state index contributed by atoms with van der Waals surface area (Å²) in [5, 5.41) is 10.5. The molecule has 21 heavy (non-hydrogen) atoms. The first kappa shape index (κ1) is 15.2. The number of aromatic nitrogens is 3. The van der Waals surface area contributed by atoms with Gasteiger partial charge >= 0.3 is 0 Å². The number of benzene rings is 1. The number of hydrogen-bond donors (Lipinski definition) is 2. The van der Waals surface area contributed by atoms with Crippen molar-refractivity contribution >= 4 is 11.6 Å². The molecule has 0 aliphatic carbocycles. The molecule has 0 saturated heterocycles. The lowest BCUT2D eigenvalue weighted by Gasteiger charge is -2.06. The molecule has 2 rings (SSSR count). The van der Waals surface area contributed by atoms with Gasteiger partial charge in [0.2, 0.25) is 5.91 Å². The van der Waals surface area contributed by atoms with E-state index < -0.39 is 0 Å². The average molecular weight is 287 g/mol. The Bertz CT molecular complexity index is 576. The summed E-state index contributed by atoms with van der Waals surface area (Å²) in [5.41, 5.74) is 8.20. The number of anilines is 1. The van der Waals surface area contributed by atoms with Crippen molar-refractivity contribution < 1.29 is 4.79 Å². The predicted molar refractivity (Wildman–Crippen MR) is 81.6 cm³/mol. The van der Waals surface area contributed by atoms with Crippen LogP contribution < -0.4 is 11.1 Å². The first-order valence-electron chi connectivity index (χ1n) is 7.19. The highest BCUT2D eigenvalue weighted by Gasteiger charge is 2.06. The van der Waals surface area contributed by atoms with Crippen molar-refractivity contribution in [2.45, 2.75) is 39.3 Å². The Morgan fingerprint density at radius 2 is 2.10 bits per heavy atom. The molecule has 0 fully saturated rings. The quantitative estimate of drug-likeness (QED) is 0.812. The number of aryl methyl sites for hydroxylation is 1. The van der Waals surface area contributed by atoms with Crippen molar-refractivity contribution in [1.82, 2.24) is 15.0 Å². The van der Waals surface area contributed by atoms with E-state index in [-0.39, 0.29) is 12.5 Å². The molecule has 0 unspecified atom stereocenters. The molecule has 1 aromatic carbocycles. The Labute approximate surface area is 124 Å². The third-order valence-corrected chi connectivity index (χ3v) is 3.16. The second-order valence-corrected chi connectivity index (χ2v) is 4.96. The molecule has 0 radical (unpaired) electrons. The minimum absolute atomic E-state index is 0.130. The highest BCUT2D eigenvalue weighted by Crippen LogP contribution is 2.11. The number of rotatable bonds is 7. The monoisotopic (exact) mass is 287 g/mol. The van der Waals surface area contributed by atoms with E-state index in [1.165, 1.54) is 23.1 Å². The second kappa shape index (κ2) is 7.54. The number of nitrogens with one attached hydrogen (secondary N) is 1. The zero-order chi connectivity index (χ0) is 15.1. The van der Waals surface area contributed by atoms with Crippen LogP contribution in [0, 0.1) is 0 Å². The number of nitrogens with zero attached hydrogens (tertiary/aromatic N) is 3. The van der Waals surface area contributed by atoms with E-state index in [1.807, 2.05) is 24.3 Å². The van der Waals surface area contributed by atoms with E-state index in [0.717, 1.165) is 12.1 Å². The molecule has 0 aliphatic rings. The van der Waals surface area contributed by atoms with Crippen molar-refractivity contribution in [2.75, 3.05) is 5.32 Å². The lowest BCUT2D eigenvalue weighted by Crippen LogP contribution is -2.19. The van der Waals surface area contributed by atoms with Crippen LogP contribution in [0.1, 0.15) is 31.0 Å². The van der Waals surface area contributed by atoms with Crippen LogP contribution in [0.3, 0.4) is 0 Å². The van der Waals surface area contributed by atoms with E-state index in [9.17, 15) is 4.79 Å². The van der Waals surface area contributed by atoms with E-state index in [2.05, 4.69) is 22.6 Å². The zero-order valence-corrected chi connectivity index (χ0v) is 12.2. The summed E-state index contributed by atoms with van der Waals surface area (Å²) >= 11 is 0. The van der Waals surface area contributed by atoms with Crippen LogP contribution in [-0.2, 0) is 24.3 Å². The Morgan fingerprint density at radius 1 is 1.33 bits per heavy atom. The summed E-state index contributed by atoms with van der Waals surface area (Å²) in [4.78, 5) is 11.9. The number of carbonyl (C=O) groups excluding carboxylic acids is 1. The minimum atomic E-state index is -0.134. The number of carbonyl (C=O) groups is 1. The first-order valence-corrected chi connectivity index (χ1v) is 7.19. The van der Waals surface area contributed by atoms with Gasteiger partial charge < -0.3 is 11.1 Å². The Balaban J connectivity index is 1.87. The van der Waals surface area contributed by atoms with Crippen LogP contribution in [0.15, 0.2) is 30.5 Å². The molecule has 1 aromatic heterocycles. The van der Waals surface area contributed by atoms with E-state index in [0.29, 0.717) is 12.2 Å². The number of unbranched alkanes of at least 4 members (excludes halogenated alkanes) is 1. The lowest BCUT2D eigenvalue weighted by atomic mass is 10.1. The predicted octanol–water partition coefficient (Wildman–Crippen LogP) is 1.72. The van der Waals surface area contributed by atoms with Gasteiger partial charge in [0, 0.05) is 12.2 Å². The molecule has 0 saturated carbocycles. The molecule has 1 amide bonds. The number of amides is 1. The maximum atomic E-state index is 11.9. The molecule has 2 aromatic rings.